The molecule has 0 unspecified atom stereocenters. The summed E-state index contributed by atoms with van der Waals surface area (Å²) in [6.07, 6.45) is 1.72. The van der Waals surface area contributed by atoms with Crippen LogP contribution in [0.3, 0.4) is 0 Å². The Morgan fingerprint density at radius 1 is 1.23 bits per heavy atom. The Labute approximate surface area is 178 Å². The number of carbonyl (C=O) groups excluding carboxylic acids is 1. The van der Waals surface area contributed by atoms with E-state index < -0.39 is 18.5 Å². The second-order valence-electron chi connectivity index (χ2n) is 7.12. The first-order valence-electron chi connectivity index (χ1n) is 9.61. The third kappa shape index (κ3) is 4.63. The predicted molar refractivity (Wildman–Crippen MR) is 114 cm³/mol. The number of aromatic carboxylic acids is 1. The molecular formula is C21H24N2O6S. The van der Waals surface area contributed by atoms with Gasteiger partial charge in [-0.1, -0.05) is 12.1 Å². The predicted octanol–water partition coefficient (Wildman–Crippen LogP) is 2.99. The van der Waals surface area contributed by atoms with Crippen LogP contribution in [0.1, 0.15) is 35.0 Å². The highest BCUT2D eigenvalue weighted by Gasteiger charge is 2.26. The SMILES string of the molecule is CC(=O)N(c1cccc(-c2sc(C(=O)O)c(OCC(=O)O)c2C)c1)C1CCNCC1. The number of rotatable bonds is 7. The number of hydrogen-bond acceptors (Lipinski definition) is 6. The molecule has 1 aromatic heterocycles. The van der Waals surface area contributed by atoms with Crippen molar-refractivity contribution in [3.8, 4) is 16.2 Å². The fourth-order valence-electron chi connectivity index (χ4n) is 3.73. The lowest BCUT2D eigenvalue weighted by molar-refractivity contribution is -0.139. The molecule has 0 bridgehead atoms. The number of anilines is 1. The van der Waals surface area contributed by atoms with Crippen LogP contribution in [-0.4, -0.2) is 53.8 Å². The molecule has 0 aliphatic carbocycles. The van der Waals surface area contributed by atoms with Crippen LogP contribution in [0.4, 0.5) is 5.69 Å². The molecule has 1 fully saturated rings. The quantitative estimate of drug-likeness (QED) is 0.616. The lowest BCUT2D eigenvalue weighted by Crippen LogP contribution is -2.45. The number of nitrogens with zero attached hydrogens (tertiary/aromatic N) is 1. The average Bonchev–Trinajstić information content (AvgIpc) is 3.04. The van der Waals surface area contributed by atoms with Gasteiger partial charge in [-0.2, -0.15) is 0 Å². The number of ether oxygens (including phenoxy) is 1. The summed E-state index contributed by atoms with van der Waals surface area (Å²) in [5.41, 5.74) is 2.07. The fraction of sp³-hybridized carbons (Fsp3) is 0.381. The van der Waals surface area contributed by atoms with Gasteiger partial charge in [0.15, 0.2) is 11.5 Å². The molecule has 2 aromatic rings. The Morgan fingerprint density at radius 3 is 2.53 bits per heavy atom. The lowest BCUT2D eigenvalue weighted by Gasteiger charge is -2.34. The van der Waals surface area contributed by atoms with E-state index >= 15 is 0 Å². The van der Waals surface area contributed by atoms with Crippen LogP contribution in [0.15, 0.2) is 24.3 Å². The standard InChI is InChI=1S/C21H24N2O6S/c1-12-18(29-11-17(25)26)20(21(27)28)30-19(12)14-4-3-5-16(10-14)23(13(2)24)15-6-8-22-9-7-15/h3-5,10,15,22H,6-9,11H2,1-2H3,(H,25,26)(H,27,28). The van der Waals surface area contributed by atoms with Gasteiger partial charge in [-0.3, -0.25) is 4.79 Å². The van der Waals surface area contributed by atoms with Crippen LogP contribution >= 0.6 is 11.3 Å². The van der Waals surface area contributed by atoms with Gasteiger partial charge >= 0.3 is 11.9 Å². The summed E-state index contributed by atoms with van der Waals surface area (Å²) in [4.78, 5) is 37.4. The maximum atomic E-state index is 12.4. The molecule has 3 rings (SSSR count). The maximum Gasteiger partial charge on any atom is 0.349 e. The van der Waals surface area contributed by atoms with Gasteiger partial charge in [0.1, 0.15) is 5.75 Å². The number of piperidine rings is 1. The molecule has 30 heavy (non-hydrogen) atoms. The number of carboxylic acid groups (broad SMARTS) is 2. The van der Waals surface area contributed by atoms with Gasteiger partial charge in [0, 0.05) is 29.1 Å². The zero-order valence-corrected chi connectivity index (χ0v) is 17.6. The van der Waals surface area contributed by atoms with Crippen LogP contribution in [0, 0.1) is 6.92 Å². The zero-order chi connectivity index (χ0) is 21.8. The highest BCUT2D eigenvalue weighted by atomic mass is 32.1. The largest absolute Gasteiger partial charge is 0.480 e. The first-order chi connectivity index (χ1) is 14.3. The van der Waals surface area contributed by atoms with E-state index in [1.54, 1.807) is 18.7 Å². The number of aliphatic carboxylic acids is 1. The molecule has 2 heterocycles. The van der Waals surface area contributed by atoms with Crippen molar-refractivity contribution >= 4 is 34.9 Å². The minimum Gasteiger partial charge on any atom is -0.480 e. The molecule has 0 atom stereocenters. The first kappa shape index (κ1) is 21.8. The Hall–Kier alpha value is -2.91. The van der Waals surface area contributed by atoms with E-state index in [0.717, 1.165) is 48.5 Å². The summed E-state index contributed by atoms with van der Waals surface area (Å²) in [5, 5.41) is 21.7. The minimum atomic E-state index is -1.18. The monoisotopic (exact) mass is 432 g/mol. The number of hydrogen-bond donors (Lipinski definition) is 3. The van der Waals surface area contributed by atoms with E-state index in [1.807, 2.05) is 24.3 Å². The molecule has 1 saturated heterocycles. The minimum absolute atomic E-state index is 0.0429. The highest BCUT2D eigenvalue weighted by molar-refractivity contribution is 7.18. The molecule has 9 heteroatoms. The van der Waals surface area contributed by atoms with Gasteiger partial charge in [0.25, 0.3) is 0 Å². The maximum absolute atomic E-state index is 12.4. The normalized spacial score (nSPS) is 14.3. The number of amides is 1. The number of thiophene rings is 1. The summed E-state index contributed by atoms with van der Waals surface area (Å²) in [5.74, 6) is -2.33. The zero-order valence-electron chi connectivity index (χ0n) is 16.8. The third-order valence-corrected chi connectivity index (χ3v) is 6.34. The molecule has 1 aliphatic heterocycles. The summed E-state index contributed by atoms with van der Waals surface area (Å²) in [6.45, 7) is 4.34. The van der Waals surface area contributed by atoms with Gasteiger partial charge in [-0.25, -0.2) is 9.59 Å². The van der Waals surface area contributed by atoms with E-state index in [-0.39, 0.29) is 22.6 Å². The van der Waals surface area contributed by atoms with Crippen LogP contribution in [0.2, 0.25) is 0 Å². The molecule has 1 aliphatic rings. The van der Waals surface area contributed by atoms with Crippen LogP contribution in [0.25, 0.3) is 10.4 Å². The number of benzene rings is 1. The van der Waals surface area contributed by atoms with Gasteiger partial charge in [0.2, 0.25) is 5.91 Å². The number of nitrogens with one attached hydrogen (secondary N) is 1. The smallest absolute Gasteiger partial charge is 0.349 e. The molecule has 0 saturated carbocycles. The van der Waals surface area contributed by atoms with Crippen LogP contribution in [0.5, 0.6) is 5.75 Å². The Balaban J connectivity index is 2.00. The average molecular weight is 432 g/mol. The molecule has 3 N–H and O–H groups in total. The van der Waals surface area contributed by atoms with E-state index in [9.17, 15) is 19.5 Å². The lowest BCUT2D eigenvalue weighted by atomic mass is 10.0. The molecule has 160 valence electrons. The summed E-state index contributed by atoms with van der Waals surface area (Å²) in [6, 6.07) is 7.52. The van der Waals surface area contributed by atoms with Gasteiger partial charge in [0.05, 0.1) is 0 Å². The van der Waals surface area contributed by atoms with Gasteiger partial charge in [-0.05, 0) is 50.6 Å². The van der Waals surface area contributed by atoms with Crippen LogP contribution < -0.4 is 15.0 Å². The number of carboxylic acids is 2. The van der Waals surface area contributed by atoms with Crippen molar-refractivity contribution in [2.24, 2.45) is 0 Å². The van der Waals surface area contributed by atoms with Crippen molar-refractivity contribution in [1.29, 1.82) is 0 Å². The van der Waals surface area contributed by atoms with Crippen molar-refractivity contribution in [3.63, 3.8) is 0 Å². The van der Waals surface area contributed by atoms with E-state index in [4.69, 9.17) is 9.84 Å². The molecule has 1 amide bonds. The highest BCUT2D eigenvalue weighted by Crippen LogP contribution is 2.42. The summed E-state index contributed by atoms with van der Waals surface area (Å²) in [7, 11) is 0. The second-order valence-corrected chi connectivity index (χ2v) is 8.14. The molecule has 0 radical (unpaired) electrons. The topological polar surface area (TPSA) is 116 Å². The number of carbonyl (C=O) groups is 3. The fourth-order valence-corrected chi connectivity index (χ4v) is 4.82. The molecule has 8 nitrogen and oxygen atoms in total. The van der Waals surface area contributed by atoms with Crippen molar-refractivity contribution in [2.75, 3.05) is 24.6 Å². The summed E-state index contributed by atoms with van der Waals surface area (Å²) < 4.78 is 5.26. The van der Waals surface area contributed by atoms with Crippen molar-refractivity contribution in [3.05, 3.63) is 34.7 Å². The second kappa shape index (κ2) is 9.27. The summed E-state index contributed by atoms with van der Waals surface area (Å²) >= 11 is 1.03. The van der Waals surface area contributed by atoms with E-state index in [2.05, 4.69) is 5.32 Å². The van der Waals surface area contributed by atoms with Crippen molar-refractivity contribution in [1.82, 2.24) is 5.32 Å². The molecule has 1 aromatic carbocycles. The molecule has 0 spiro atoms. The van der Waals surface area contributed by atoms with Crippen molar-refractivity contribution in [2.45, 2.75) is 32.7 Å². The van der Waals surface area contributed by atoms with Crippen LogP contribution in [-0.2, 0) is 9.59 Å². The van der Waals surface area contributed by atoms with Gasteiger partial charge in [-0.15, -0.1) is 11.3 Å². The Morgan fingerprint density at radius 2 is 1.93 bits per heavy atom. The Bertz CT molecular complexity index is 964. The third-order valence-electron chi connectivity index (χ3n) is 5.03. The van der Waals surface area contributed by atoms with Crippen molar-refractivity contribution < 1.29 is 29.3 Å². The first-order valence-corrected chi connectivity index (χ1v) is 10.4. The van der Waals surface area contributed by atoms with E-state index in [0.29, 0.717) is 10.4 Å². The molecular weight excluding hydrogens is 408 g/mol. The van der Waals surface area contributed by atoms with Gasteiger partial charge < -0.3 is 25.2 Å². The van der Waals surface area contributed by atoms with E-state index in [1.165, 1.54) is 0 Å². The Kier molecular flexibility index (Phi) is 6.73.